The van der Waals surface area contributed by atoms with Gasteiger partial charge in [0.25, 0.3) is 0 Å². The first-order chi connectivity index (χ1) is 7.61. The summed E-state index contributed by atoms with van der Waals surface area (Å²) in [5, 5.41) is 2.78. The Labute approximate surface area is 97.5 Å². The van der Waals surface area contributed by atoms with Crippen LogP contribution in [0.5, 0.6) is 0 Å². The van der Waals surface area contributed by atoms with Crippen molar-refractivity contribution >= 4 is 17.5 Å². The van der Waals surface area contributed by atoms with E-state index < -0.39 is 0 Å². The lowest BCUT2D eigenvalue weighted by atomic mass is 10.0. The molecule has 1 aromatic carbocycles. The Morgan fingerprint density at radius 2 is 1.75 bits per heavy atom. The molecule has 0 amide bonds. The summed E-state index contributed by atoms with van der Waals surface area (Å²) < 4.78 is 0. The highest BCUT2D eigenvalue weighted by molar-refractivity contribution is 5.60. The Morgan fingerprint density at radius 3 is 2.38 bits per heavy atom. The molecule has 86 valence electrons. The van der Waals surface area contributed by atoms with Crippen molar-refractivity contribution in [3.8, 4) is 0 Å². The molecule has 2 heteroatoms. The molecule has 0 atom stereocenters. The largest absolute Gasteiger partial charge is 0.380 e. The maximum atomic E-state index is 2.34. The van der Waals surface area contributed by atoms with Crippen molar-refractivity contribution in [1.29, 1.82) is 0 Å². The molecule has 0 heterocycles. The van der Waals surface area contributed by atoms with Crippen LogP contribution in [-0.2, 0) is 0 Å². The van der Waals surface area contributed by atoms with E-state index >= 15 is 0 Å². The molecule has 2 rings (SSSR count). The number of rotatable bonds is 2. The average molecular weight is 216 g/mol. The molecule has 0 spiro atoms. The highest BCUT2D eigenvalue weighted by atomic mass is 15.1. The molecular formula is C14H20N2. The second-order valence-corrected chi connectivity index (χ2v) is 4.72. The summed E-state index contributed by atoms with van der Waals surface area (Å²) in [6, 6.07) is 6.55. The van der Waals surface area contributed by atoms with Crippen LogP contribution in [0, 0.1) is 0 Å². The number of anilines is 1. The van der Waals surface area contributed by atoms with Crippen LogP contribution in [0.1, 0.15) is 12.8 Å². The molecule has 16 heavy (non-hydrogen) atoms. The van der Waals surface area contributed by atoms with E-state index in [2.05, 4.69) is 62.3 Å². The fourth-order valence-corrected chi connectivity index (χ4v) is 2.35. The molecule has 0 fully saturated rings. The van der Waals surface area contributed by atoms with Crippen molar-refractivity contribution in [2.75, 3.05) is 33.1 Å². The first kappa shape index (κ1) is 11.1. The predicted octanol–water partition coefficient (Wildman–Crippen LogP) is 0.997. The molecule has 0 radical (unpaired) electrons. The Balaban J connectivity index is 2.83. The van der Waals surface area contributed by atoms with E-state index in [1.54, 1.807) is 0 Å². The Bertz CT molecular complexity index is 498. The van der Waals surface area contributed by atoms with Crippen LogP contribution in [0.2, 0.25) is 0 Å². The number of benzene rings is 1. The maximum Gasteiger partial charge on any atom is 0.0458 e. The molecular weight excluding hydrogens is 196 g/mol. The molecule has 1 aliphatic rings. The first-order valence-electron chi connectivity index (χ1n) is 5.78. The molecule has 0 saturated carbocycles. The van der Waals surface area contributed by atoms with Crippen molar-refractivity contribution in [3.63, 3.8) is 0 Å². The molecule has 0 aromatic heterocycles. The number of hydrogen-bond acceptors (Lipinski definition) is 2. The summed E-state index contributed by atoms with van der Waals surface area (Å²) in [4.78, 5) is 4.44. The minimum absolute atomic E-state index is 1.14. The van der Waals surface area contributed by atoms with Gasteiger partial charge in [-0.15, -0.1) is 0 Å². The lowest BCUT2D eigenvalue weighted by molar-refractivity contribution is 0.561. The van der Waals surface area contributed by atoms with Gasteiger partial charge in [-0.1, -0.05) is 18.2 Å². The minimum Gasteiger partial charge on any atom is -0.380 e. The number of fused-ring (bicyclic) bond motifs is 1. The Morgan fingerprint density at radius 1 is 1.00 bits per heavy atom. The van der Waals surface area contributed by atoms with Gasteiger partial charge < -0.3 is 9.80 Å². The third-order valence-corrected chi connectivity index (χ3v) is 3.13. The lowest BCUT2D eigenvalue weighted by Gasteiger charge is -2.23. The normalized spacial score (nSPS) is 14.1. The van der Waals surface area contributed by atoms with Crippen molar-refractivity contribution in [2.24, 2.45) is 0 Å². The molecule has 2 nitrogen and oxygen atoms in total. The van der Waals surface area contributed by atoms with Gasteiger partial charge in [-0.25, -0.2) is 0 Å². The summed E-state index contributed by atoms with van der Waals surface area (Å²) >= 11 is 0. The van der Waals surface area contributed by atoms with Gasteiger partial charge in [-0.3, -0.25) is 0 Å². The number of nitrogens with zero attached hydrogens (tertiary/aromatic N) is 2. The summed E-state index contributed by atoms with van der Waals surface area (Å²) in [6.45, 7) is 0. The van der Waals surface area contributed by atoms with E-state index in [-0.39, 0.29) is 0 Å². The van der Waals surface area contributed by atoms with E-state index in [0.717, 1.165) is 12.8 Å². The van der Waals surface area contributed by atoms with Crippen LogP contribution in [-0.4, -0.2) is 33.1 Å². The van der Waals surface area contributed by atoms with Crippen molar-refractivity contribution in [3.05, 3.63) is 28.6 Å². The number of hydrogen-bond donors (Lipinski definition) is 0. The van der Waals surface area contributed by atoms with Crippen LogP contribution in [0.15, 0.2) is 18.2 Å². The van der Waals surface area contributed by atoms with Crippen molar-refractivity contribution in [2.45, 2.75) is 12.8 Å². The standard InChI is InChI=1S/C14H20N2/c1-15(2)12-9-5-7-11-8-6-10-13(14(11)12)16(3)4/h5,7-9H,6,10H2,1-4H3. The Hall–Kier alpha value is -1.44. The third kappa shape index (κ3) is 1.80. The SMILES string of the molecule is CN(C)C1=c2c(N(C)C)cccc2=CCC1. The zero-order valence-electron chi connectivity index (χ0n) is 10.6. The zero-order valence-corrected chi connectivity index (χ0v) is 10.6. The summed E-state index contributed by atoms with van der Waals surface area (Å²) in [7, 11) is 8.49. The second-order valence-electron chi connectivity index (χ2n) is 4.72. The zero-order chi connectivity index (χ0) is 11.7. The Kier molecular flexibility index (Phi) is 2.90. The molecule has 0 N–H and O–H groups in total. The van der Waals surface area contributed by atoms with Gasteiger partial charge in [0, 0.05) is 44.8 Å². The van der Waals surface area contributed by atoms with E-state index in [1.807, 2.05) is 0 Å². The van der Waals surface area contributed by atoms with Crippen molar-refractivity contribution in [1.82, 2.24) is 4.90 Å². The summed E-state index contributed by atoms with van der Waals surface area (Å²) in [6.07, 6.45) is 4.64. The molecule has 1 aliphatic carbocycles. The van der Waals surface area contributed by atoms with Gasteiger partial charge in [-0.2, -0.15) is 0 Å². The smallest absolute Gasteiger partial charge is 0.0458 e. The first-order valence-corrected chi connectivity index (χ1v) is 5.78. The molecule has 0 aliphatic heterocycles. The van der Waals surface area contributed by atoms with Gasteiger partial charge in [0.05, 0.1) is 0 Å². The molecule has 0 saturated heterocycles. The highest BCUT2D eigenvalue weighted by Crippen LogP contribution is 2.13. The van der Waals surface area contributed by atoms with E-state index in [1.165, 1.54) is 21.8 Å². The van der Waals surface area contributed by atoms with Gasteiger partial charge in [0.2, 0.25) is 0 Å². The van der Waals surface area contributed by atoms with Gasteiger partial charge >= 0.3 is 0 Å². The lowest BCUT2D eigenvalue weighted by Crippen LogP contribution is -2.37. The summed E-state index contributed by atoms with van der Waals surface area (Å²) in [5.74, 6) is 0. The third-order valence-electron chi connectivity index (χ3n) is 3.13. The minimum atomic E-state index is 1.14. The van der Waals surface area contributed by atoms with Crippen molar-refractivity contribution < 1.29 is 0 Å². The van der Waals surface area contributed by atoms with Gasteiger partial charge in [-0.05, 0) is 24.1 Å². The van der Waals surface area contributed by atoms with Crippen LogP contribution in [0.25, 0.3) is 11.8 Å². The average Bonchev–Trinajstić information content (AvgIpc) is 2.27. The van der Waals surface area contributed by atoms with Crippen LogP contribution in [0.3, 0.4) is 0 Å². The summed E-state index contributed by atoms with van der Waals surface area (Å²) in [5.41, 5.74) is 2.76. The second kappa shape index (κ2) is 4.20. The molecule has 1 aromatic rings. The van der Waals surface area contributed by atoms with Gasteiger partial charge in [0.15, 0.2) is 0 Å². The highest BCUT2D eigenvalue weighted by Gasteiger charge is 2.10. The quantitative estimate of drug-likeness (QED) is 0.727. The fourth-order valence-electron chi connectivity index (χ4n) is 2.35. The van der Waals surface area contributed by atoms with E-state index in [9.17, 15) is 0 Å². The van der Waals surface area contributed by atoms with E-state index in [4.69, 9.17) is 0 Å². The van der Waals surface area contributed by atoms with E-state index in [0.29, 0.717) is 0 Å². The van der Waals surface area contributed by atoms with Gasteiger partial charge in [0.1, 0.15) is 0 Å². The molecule has 0 unspecified atom stereocenters. The monoisotopic (exact) mass is 216 g/mol. The van der Waals surface area contributed by atoms with Crippen LogP contribution < -0.4 is 15.3 Å². The topological polar surface area (TPSA) is 6.48 Å². The molecule has 0 bridgehead atoms. The maximum absolute atomic E-state index is 2.34. The fraction of sp³-hybridized carbons (Fsp3) is 0.429. The van der Waals surface area contributed by atoms with Crippen LogP contribution >= 0.6 is 0 Å². The van der Waals surface area contributed by atoms with Crippen LogP contribution in [0.4, 0.5) is 5.69 Å². The predicted molar refractivity (Wildman–Crippen MR) is 70.8 cm³/mol.